The quantitative estimate of drug-likeness (QED) is 0.669. The van der Waals surface area contributed by atoms with Crippen molar-refractivity contribution >= 4 is 11.9 Å². The van der Waals surface area contributed by atoms with E-state index >= 15 is 0 Å². The first-order valence-corrected chi connectivity index (χ1v) is 6.78. The molecule has 0 spiro atoms. The van der Waals surface area contributed by atoms with E-state index in [1.165, 1.54) is 31.4 Å². The summed E-state index contributed by atoms with van der Waals surface area (Å²) in [6, 6.07) is 6.15. The maximum absolute atomic E-state index is 10.5. The highest BCUT2D eigenvalue weighted by atomic mass is 16.4. The third kappa shape index (κ3) is 8.97. The van der Waals surface area contributed by atoms with Crippen LogP contribution in [0, 0.1) is 0 Å². The molecule has 5 heteroatoms. The van der Waals surface area contributed by atoms with Gasteiger partial charge >= 0.3 is 5.97 Å². The van der Waals surface area contributed by atoms with E-state index in [-0.39, 0.29) is 11.3 Å². The van der Waals surface area contributed by atoms with Gasteiger partial charge in [-0.15, -0.1) is 0 Å². The van der Waals surface area contributed by atoms with Crippen molar-refractivity contribution in [3.05, 3.63) is 29.8 Å². The van der Waals surface area contributed by atoms with Crippen LogP contribution in [-0.4, -0.2) is 22.1 Å². The van der Waals surface area contributed by atoms with Gasteiger partial charge in [0.05, 0.1) is 5.56 Å². The van der Waals surface area contributed by atoms with Gasteiger partial charge in [-0.2, -0.15) is 0 Å². The predicted molar refractivity (Wildman–Crippen MR) is 77.6 cm³/mol. The molecule has 0 aliphatic carbocycles. The Hall–Kier alpha value is -2.04. The summed E-state index contributed by atoms with van der Waals surface area (Å²) in [7, 11) is 0. The van der Waals surface area contributed by atoms with E-state index in [0.717, 1.165) is 12.8 Å². The fourth-order valence-electron chi connectivity index (χ4n) is 1.56. The van der Waals surface area contributed by atoms with Crippen molar-refractivity contribution in [1.82, 2.24) is 0 Å². The molecule has 0 aliphatic heterocycles. The number of primary amides is 1. The molecule has 4 N–H and O–H groups in total. The van der Waals surface area contributed by atoms with E-state index in [1.807, 2.05) is 0 Å². The molecule has 0 fully saturated rings. The molecule has 20 heavy (non-hydrogen) atoms. The summed E-state index contributed by atoms with van der Waals surface area (Å²) in [5.74, 6) is -1.36. The third-order valence-electron chi connectivity index (χ3n) is 2.66. The Bertz CT molecular complexity index is 418. The molecule has 0 saturated heterocycles. The van der Waals surface area contributed by atoms with E-state index < -0.39 is 11.9 Å². The molecule has 1 aromatic carbocycles. The largest absolute Gasteiger partial charge is 0.507 e. The topological polar surface area (TPSA) is 101 Å². The number of carboxylic acid groups (broad SMARTS) is 1. The molecule has 0 aliphatic rings. The average Bonchev–Trinajstić information content (AvgIpc) is 2.39. The molecule has 1 rings (SSSR count). The summed E-state index contributed by atoms with van der Waals surface area (Å²) in [5.41, 5.74) is 5.07. The SMILES string of the molecule is CCCCCCCC(=O)O.NC(=O)c1ccccc1O. The Kier molecular flexibility index (Phi) is 9.74. The smallest absolute Gasteiger partial charge is 0.303 e. The lowest BCUT2D eigenvalue weighted by Gasteiger charge is -1.96. The lowest BCUT2D eigenvalue weighted by Crippen LogP contribution is -2.10. The van der Waals surface area contributed by atoms with Crippen LogP contribution in [0.25, 0.3) is 0 Å². The summed E-state index contributed by atoms with van der Waals surface area (Å²) < 4.78 is 0. The number of aromatic hydroxyl groups is 1. The number of amides is 1. The number of para-hydroxylation sites is 1. The van der Waals surface area contributed by atoms with Crippen molar-refractivity contribution in [3.8, 4) is 5.75 Å². The van der Waals surface area contributed by atoms with Crippen LogP contribution in [0.3, 0.4) is 0 Å². The number of hydrogen-bond donors (Lipinski definition) is 3. The first kappa shape index (κ1) is 18.0. The van der Waals surface area contributed by atoms with Crippen molar-refractivity contribution in [2.45, 2.75) is 45.4 Å². The van der Waals surface area contributed by atoms with Gasteiger partial charge in [-0.25, -0.2) is 0 Å². The minimum Gasteiger partial charge on any atom is -0.507 e. The van der Waals surface area contributed by atoms with Crippen LogP contribution in [0.2, 0.25) is 0 Å². The summed E-state index contributed by atoms with van der Waals surface area (Å²) in [4.78, 5) is 20.5. The number of phenols is 1. The number of carbonyl (C=O) groups excluding carboxylic acids is 1. The van der Waals surface area contributed by atoms with Gasteiger partial charge in [-0.1, -0.05) is 44.7 Å². The first-order chi connectivity index (χ1) is 9.49. The fraction of sp³-hybridized carbons (Fsp3) is 0.467. The Balaban J connectivity index is 0.000000361. The minimum absolute atomic E-state index is 0.0741. The number of rotatable bonds is 7. The van der Waals surface area contributed by atoms with Crippen LogP contribution in [0.15, 0.2) is 24.3 Å². The van der Waals surface area contributed by atoms with E-state index in [2.05, 4.69) is 6.92 Å². The Morgan fingerprint density at radius 3 is 2.15 bits per heavy atom. The van der Waals surface area contributed by atoms with Crippen LogP contribution >= 0.6 is 0 Å². The van der Waals surface area contributed by atoms with Crippen LogP contribution in [0.1, 0.15) is 55.8 Å². The molecule has 112 valence electrons. The zero-order valence-corrected chi connectivity index (χ0v) is 11.8. The van der Waals surface area contributed by atoms with Gasteiger partial charge in [0.2, 0.25) is 0 Å². The van der Waals surface area contributed by atoms with E-state index in [0.29, 0.717) is 6.42 Å². The van der Waals surface area contributed by atoms with Crippen molar-refractivity contribution in [3.63, 3.8) is 0 Å². The highest BCUT2D eigenvalue weighted by Crippen LogP contribution is 2.13. The van der Waals surface area contributed by atoms with E-state index in [9.17, 15) is 9.59 Å². The third-order valence-corrected chi connectivity index (χ3v) is 2.66. The fourth-order valence-corrected chi connectivity index (χ4v) is 1.56. The number of hydrogen-bond acceptors (Lipinski definition) is 3. The van der Waals surface area contributed by atoms with Gasteiger partial charge in [0.25, 0.3) is 5.91 Å². The predicted octanol–water partition coefficient (Wildman–Crippen LogP) is 2.92. The van der Waals surface area contributed by atoms with Crippen LogP contribution in [0.4, 0.5) is 0 Å². The zero-order chi connectivity index (χ0) is 15.4. The highest BCUT2D eigenvalue weighted by molar-refractivity contribution is 5.95. The van der Waals surface area contributed by atoms with Crippen molar-refractivity contribution in [2.24, 2.45) is 5.73 Å². The van der Waals surface area contributed by atoms with E-state index in [1.54, 1.807) is 12.1 Å². The molecular weight excluding hydrogens is 258 g/mol. The number of carbonyl (C=O) groups is 2. The lowest BCUT2D eigenvalue weighted by molar-refractivity contribution is -0.137. The number of unbranched alkanes of at least 4 members (excludes halogenated alkanes) is 4. The summed E-state index contributed by atoms with van der Waals surface area (Å²) >= 11 is 0. The second-order valence-electron chi connectivity index (χ2n) is 4.44. The van der Waals surface area contributed by atoms with Gasteiger partial charge in [-0.05, 0) is 18.6 Å². The highest BCUT2D eigenvalue weighted by Gasteiger charge is 2.03. The molecule has 0 atom stereocenters. The molecule has 0 heterocycles. The normalized spacial score (nSPS) is 9.45. The first-order valence-electron chi connectivity index (χ1n) is 6.78. The summed E-state index contributed by atoms with van der Waals surface area (Å²) in [6.45, 7) is 2.15. The average molecular weight is 281 g/mol. The Morgan fingerprint density at radius 2 is 1.70 bits per heavy atom. The summed E-state index contributed by atoms with van der Waals surface area (Å²) in [6.07, 6.45) is 5.88. The van der Waals surface area contributed by atoms with Crippen molar-refractivity contribution in [1.29, 1.82) is 0 Å². The molecule has 0 bridgehead atoms. The molecule has 0 saturated carbocycles. The maximum atomic E-state index is 10.5. The van der Waals surface area contributed by atoms with Crippen LogP contribution in [-0.2, 0) is 4.79 Å². The number of carboxylic acids is 1. The van der Waals surface area contributed by atoms with E-state index in [4.69, 9.17) is 15.9 Å². The van der Waals surface area contributed by atoms with Gasteiger partial charge in [0.15, 0.2) is 0 Å². The zero-order valence-electron chi connectivity index (χ0n) is 11.8. The summed E-state index contributed by atoms with van der Waals surface area (Å²) in [5, 5.41) is 17.3. The van der Waals surface area contributed by atoms with Gasteiger partial charge in [-0.3, -0.25) is 9.59 Å². The van der Waals surface area contributed by atoms with Gasteiger partial charge < -0.3 is 15.9 Å². The molecular formula is C15H23NO4. The molecule has 0 unspecified atom stereocenters. The monoisotopic (exact) mass is 281 g/mol. The standard InChI is InChI=1S/C8H16O2.C7H7NO2/c1-2-3-4-5-6-7-8(9)10;8-7(10)5-3-1-2-4-6(5)9/h2-7H2,1H3,(H,9,10);1-4,9H,(H2,8,10). The van der Waals surface area contributed by atoms with Gasteiger partial charge in [0, 0.05) is 6.42 Å². The molecule has 1 aromatic rings. The maximum Gasteiger partial charge on any atom is 0.303 e. The number of benzene rings is 1. The van der Waals surface area contributed by atoms with Crippen LogP contribution < -0.4 is 5.73 Å². The Morgan fingerprint density at radius 1 is 1.10 bits per heavy atom. The Labute approximate surface area is 119 Å². The number of nitrogens with two attached hydrogens (primary N) is 1. The van der Waals surface area contributed by atoms with Crippen molar-refractivity contribution < 1.29 is 19.8 Å². The van der Waals surface area contributed by atoms with Crippen LogP contribution in [0.5, 0.6) is 5.75 Å². The van der Waals surface area contributed by atoms with Crippen molar-refractivity contribution in [2.75, 3.05) is 0 Å². The molecule has 0 radical (unpaired) electrons. The molecule has 1 amide bonds. The lowest BCUT2D eigenvalue weighted by atomic mass is 10.1. The minimum atomic E-state index is -0.670. The second kappa shape index (κ2) is 10.8. The number of aliphatic carboxylic acids is 1. The molecule has 0 aromatic heterocycles. The second-order valence-corrected chi connectivity index (χ2v) is 4.44. The molecule has 5 nitrogen and oxygen atoms in total. The van der Waals surface area contributed by atoms with Gasteiger partial charge in [0.1, 0.15) is 5.75 Å².